The SMILES string of the molecule is COC(=O)c1cc(CO)c(OC)nn1. The first-order valence-corrected chi connectivity index (χ1v) is 3.82. The first-order chi connectivity index (χ1) is 6.72. The number of aliphatic hydroxyl groups is 1. The smallest absolute Gasteiger partial charge is 0.358 e. The van der Waals surface area contributed by atoms with Gasteiger partial charge < -0.3 is 14.6 Å². The Morgan fingerprint density at radius 2 is 2.21 bits per heavy atom. The van der Waals surface area contributed by atoms with E-state index < -0.39 is 5.97 Å². The highest BCUT2D eigenvalue weighted by molar-refractivity contribution is 5.87. The van der Waals surface area contributed by atoms with Crippen LogP contribution in [0.1, 0.15) is 16.1 Å². The minimum absolute atomic E-state index is 0.0392. The van der Waals surface area contributed by atoms with Gasteiger partial charge in [-0.25, -0.2) is 4.79 Å². The number of rotatable bonds is 3. The molecule has 0 bridgehead atoms. The van der Waals surface area contributed by atoms with Crippen molar-refractivity contribution in [3.8, 4) is 5.88 Å². The molecule has 0 aromatic carbocycles. The molecule has 1 rings (SSSR count). The van der Waals surface area contributed by atoms with E-state index in [1.807, 2.05) is 0 Å². The number of methoxy groups -OCH3 is 2. The van der Waals surface area contributed by atoms with E-state index in [0.717, 1.165) is 0 Å². The largest absolute Gasteiger partial charge is 0.480 e. The molecule has 0 unspecified atom stereocenters. The third-order valence-electron chi connectivity index (χ3n) is 1.59. The number of aromatic nitrogens is 2. The average Bonchev–Trinajstić information content (AvgIpc) is 2.26. The van der Waals surface area contributed by atoms with Crippen LogP contribution in [0, 0.1) is 0 Å². The zero-order chi connectivity index (χ0) is 10.6. The summed E-state index contributed by atoms with van der Waals surface area (Å²) in [4.78, 5) is 11.0. The van der Waals surface area contributed by atoms with Gasteiger partial charge in [0.15, 0.2) is 5.69 Å². The molecule has 1 heterocycles. The fourth-order valence-corrected chi connectivity index (χ4v) is 0.909. The number of esters is 1. The molecular formula is C8H10N2O4. The Balaban J connectivity index is 3.07. The number of aliphatic hydroxyl groups excluding tert-OH is 1. The van der Waals surface area contributed by atoms with Crippen molar-refractivity contribution >= 4 is 5.97 Å². The predicted octanol–water partition coefficient (Wildman–Crippen LogP) is -0.236. The summed E-state index contributed by atoms with van der Waals surface area (Å²) in [5.41, 5.74) is 0.431. The second-order valence-electron chi connectivity index (χ2n) is 2.41. The fourth-order valence-electron chi connectivity index (χ4n) is 0.909. The highest BCUT2D eigenvalue weighted by atomic mass is 16.5. The normalized spacial score (nSPS) is 9.64. The zero-order valence-corrected chi connectivity index (χ0v) is 7.85. The lowest BCUT2D eigenvalue weighted by atomic mass is 10.2. The zero-order valence-electron chi connectivity index (χ0n) is 7.85. The second-order valence-corrected chi connectivity index (χ2v) is 2.41. The van der Waals surface area contributed by atoms with Crippen LogP contribution in [0.25, 0.3) is 0 Å². The molecule has 0 fully saturated rings. The number of hydrogen-bond acceptors (Lipinski definition) is 6. The monoisotopic (exact) mass is 198 g/mol. The lowest BCUT2D eigenvalue weighted by Gasteiger charge is -2.04. The van der Waals surface area contributed by atoms with E-state index in [4.69, 9.17) is 9.84 Å². The Morgan fingerprint density at radius 1 is 1.50 bits per heavy atom. The molecule has 0 aliphatic heterocycles. The van der Waals surface area contributed by atoms with Gasteiger partial charge in [-0.15, -0.1) is 10.2 Å². The molecule has 0 aliphatic rings. The Hall–Kier alpha value is -1.69. The summed E-state index contributed by atoms with van der Waals surface area (Å²) in [6, 6.07) is 1.37. The fraction of sp³-hybridized carbons (Fsp3) is 0.375. The summed E-state index contributed by atoms with van der Waals surface area (Å²) >= 11 is 0. The van der Waals surface area contributed by atoms with E-state index in [1.165, 1.54) is 20.3 Å². The van der Waals surface area contributed by atoms with Crippen molar-refractivity contribution in [3.63, 3.8) is 0 Å². The molecule has 0 saturated heterocycles. The molecule has 0 saturated carbocycles. The molecule has 0 amide bonds. The van der Waals surface area contributed by atoms with Gasteiger partial charge in [0, 0.05) is 5.56 Å². The maximum absolute atomic E-state index is 11.0. The summed E-state index contributed by atoms with van der Waals surface area (Å²) in [5.74, 6) is -0.407. The van der Waals surface area contributed by atoms with Crippen LogP contribution >= 0.6 is 0 Å². The number of nitrogens with zero attached hydrogens (tertiary/aromatic N) is 2. The van der Waals surface area contributed by atoms with Gasteiger partial charge in [-0.3, -0.25) is 0 Å². The summed E-state index contributed by atoms with van der Waals surface area (Å²) in [6.07, 6.45) is 0. The minimum Gasteiger partial charge on any atom is -0.480 e. The second kappa shape index (κ2) is 4.52. The van der Waals surface area contributed by atoms with Gasteiger partial charge in [-0.05, 0) is 6.07 Å². The van der Waals surface area contributed by atoms with E-state index in [-0.39, 0.29) is 18.2 Å². The molecular weight excluding hydrogens is 188 g/mol. The molecule has 0 aliphatic carbocycles. The maximum Gasteiger partial charge on any atom is 0.358 e. The first-order valence-electron chi connectivity index (χ1n) is 3.82. The van der Waals surface area contributed by atoms with Crippen LogP contribution in [0.2, 0.25) is 0 Å². The van der Waals surface area contributed by atoms with Crippen molar-refractivity contribution in [2.45, 2.75) is 6.61 Å². The van der Waals surface area contributed by atoms with Crippen molar-refractivity contribution < 1.29 is 19.4 Å². The Morgan fingerprint density at radius 3 is 2.71 bits per heavy atom. The van der Waals surface area contributed by atoms with Crippen LogP contribution < -0.4 is 4.74 Å². The molecule has 6 heteroatoms. The quantitative estimate of drug-likeness (QED) is 0.675. The third kappa shape index (κ3) is 1.97. The van der Waals surface area contributed by atoms with E-state index in [0.29, 0.717) is 5.56 Å². The highest BCUT2D eigenvalue weighted by Crippen LogP contribution is 2.14. The molecule has 0 atom stereocenters. The summed E-state index contributed by atoms with van der Waals surface area (Å²) in [7, 11) is 2.65. The molecule has 1 aromatic heterocycles. The molecule has 14 heavy (non-hydrogen) atoms. The first kappa shape index (κ1) is 10.4. The maximum atomic E-state index is 11.0. The van der Waals surface area contributed by atoms with E-state index >= 15 is 0 Å². The number of carbonyl (C=O) groups is 1. The highest BCUT2D eigenvalue weighted by Gasteiger charge is 2.12. The van der Waals surface area contributed by atoms with Crippen molar-refractivity contribution in [3.05, 3.63) is 17.3 Å². The van der Waals surface area contributed by atoms with Crippen molar-refractivity contribution in [2.24, 2.45) is 0 Å². The number of hydrogen-bond donors (Lipinski definition) is 1. The number of ether oxygens (including phenoxy) is 2. The van der Waals surface area contributed by atoms with E-state index in [1.54, 1.807) is 0 Å². The molecule has 76 valence electrons. The molecule has 1 aromatic rings. The van der Waals surface area contributed by atoms with Crippen LogP contribution in [0.3, 0.4) is 0 Å². The lowest BCUT2D eigenvalue weighted by molar-refractivity contribution is 0.0592. The summed E-state index contributed by atoms with van der Waals surface area (Å²) < 4.78 is 9.26. The molecule has 1 N–H and O–H groups in total. The Kier molecular flexibility index (Phi) is 3.35. The van der Waals surface area contributed by atoms with Crippen molar-refractivity contribution in [2.75, 3.05) is 14.2 Å². The van der Waals surface area contributed by atoms with Gasteiger partial charge in [-0.1, -0.05) is 0 Å². The minimum atomic E-state index is -0.602. The summed E-state index contributed by atoms with van der Waals surface area (Å²) in [5, 5.41) is 16.1. The summed E-state index contributed by atoms with van der Waals surface area (Å²) in [6.45, 7) is -0.275. The van der Waals surface area contributed by atoms with Gasteiger partial charge in [-0.2, -0.15) is 0 Å². The van der Waals surface area contributed by atoms with Gasteiger partial charge in [0.2, 0.25) is 5.88 Å². The van der Waals surface area contributed by atoms with Crippen LogP contribution in [-0.4, -0.2) is 35.5 Å². The van der Waals surface area contributed by atoms with Gasteiger partial charge in [0.05, 0.1) is 20.8 Å². The van der Waals surface area contributed by atoms with Gasteiger partial charge in [0.25, 0.3) is 0 Å². The average molecular weight is 198 g/mol. The molecule has 6 nitrogen and oxygen atoms in total. The van der Waals surface area contributed by atoms with E-state index in [2.05, 4.69) is 14.9 Å². The molecule has 0 radical (unpaired) electrons. The van der Waals surface area contributed by atoms with Crippen LogP contribution in [0.15, 0.2) is 6.07 Å². The molecule has 0 spiro atoms. The standard InChI is InChI=1S/C8H10N2O4/c1-13-7-5(4-11)3-6(9-10-7)8(12)14-2/h3,11H,4H2,1-2H3. The van der Waals surface area contributed by atoms with E-state index in [9.17, 15) is 4.79 Å². The third-order valence-corrected chi connectivity index (χ3v) is 1.59. The topological polar surface area (TPSA) is 81.5 Å². The Bertz CT molecular complexity index is 340. The van der Waals surface area contributed by atoms with Crippen LogP contribution in [0.5, 0.6) is 5.88 Å². The Labute approximate surface area is 80.5 Å². The predicted molar refractivity (Wildman–Crippen MR) is 45.8 cm³/mol. The number of carbonyl (C=O) groups excluding carboxylic acids is 1. The van der Waals surface area contributed by atoms with Gasteiger partial charge in [0.1, 0.15) is 0 Å². The lowest BCUT2D eigenvalue weighted by Crippen LogP contribution is -2.08. The van der Waals surface area contributed by atoms with Crippen molar-refractivity contribution in [1.29, 1.82) is 0 Å². The van der Waals surface area contributed by atoms with Crippen molar-refractivity contribution in [1.82, 2.24) is 10.2 Å². The van der Waals surface area contributed by atoms with Crippen LogP contribution in [-0.2, 0) is 11.3 Å². The van der Waals surface area contributed by atoms with Crippen LogP contribution in [0.4, 0.5) is 0 Å². The van der Waals surface area contributed by atoms with Gasteiger partial charge >= 0.3 is 5.97 Å².